The highest BCUT2D eigenvalue weighted by molar-refractivity contribution is 5.29. The Bertz CT molecular complexity index is 850. The van der Waals surface area contributed by atoms with Gasteiger partial charge in [-0.25, -0.2) is 13.2 Å². The zero-order valence-corrected chi connectivity index (χ0v) is 17.5. The molecule has 4 nitrogen and oxygen atoms in total. The number of alkyl halides is 1. The van der Waals surface area contributed by atoms with Crippen LogP contribution in [0.3, 0.4) is 0 Å². The molecule has 2 atom stereocenters. The summed E-state index contributed by atoms with van der Waals surface area (Å²) in [5.41, 5.74) is 0.619. The minimum absolute atomic E-state index is 0. The lowest BCUT2D eigenvalue weighted by atomic mass is 9.93. The molecule has 4 rings (SSSR count). The van der Waals surface area contributed by atoms with Gasteiger partial charge in [-0.3, -0.25) is 4.90 Å². The Morgan fingerprint density at radius 1 is 1.03 bits per heavy atom. The first-order valence-corrected chi connectivity index (χ1v) is 10.8. The van der Waals surface area contributed by atoms with Crippen LogP contribution >= 0.6 is 0 Å². The van der Waals surface area contributed by atoms with Crippen LogP contribution in [0.4, 0.5) is 13.2 Å². The van der Waals surface area contributed by atoms with Gasteiger partial charge >= 0.3 is 0 Å². The third-order valence-corrected chi connectivity index (χ3v) is 6.15. The highest BCUT2D eigenvalue weighted by Gasteiger charge is 2.41. The van der Waals surface area contributed by atoms with Crippen LogP contribution in [0.1, 0.15) is 37.7 Å². The molecule has 1 aliphatic heterocycles. The first-order valence-electron chi connectivity index (χ1n) is 10.8. The first-order chi connectivity index (χ1) is 15.0. The summed E-state index contributed by atoms with van der Waals surface area (Å²) >= 11 is 0. The zero-order chi connectivity index (χ0) is 21.7. The van der Waals surface area contributed by atoms with E-state index < -0.39 is 17.3 Å². The first kappa shape index (κ1) is 22.3. The molecular weight excluding hydrogens is 405 g/mol. The molecule has 2 aromatic rings. The Hall–Kier alpha value is -1.93. The Labute approximate surface area is 182 Å². The van der Waals surface area contributed by atoms with E-state index in [9.17, 15) is 8.78 Å². The second kappa shape index (κ2) is 10.1. The third kappa shape index (κ3) is 6.29. The lowest BCUT2D eigenvalue weighted by molar-refractivity contribution is -0.105. The fourth-order valence-corrected chi connectivity index (χ4v) is 4.06. The van der Waals surface area contributed by atoms with Crippen LogP contribution in [-0.4, -0.2) is 49.8 Å². The van der Waals surface area contributed by atoms with Crippen LogP contribution in [0.15, 0.2) is 48.5 Å². The number of hydrogen-bond acceptors (Lipinski definition) is 4. The average molecular weight is 437 g/mol. The summed E-state index contributed by atoms with van der Waals surface area (Å²) in [4.78, 5) is 2.09. The van der Waals surface area contributed by atoms with Crippen LogP contribution in [0.2, 0.25) is 0 Å². The largest absolute Gasteiger partial charge is 0.351 e. The number of halogens is 3. The maximum Gasteiger partial charge on any atom is 0.159 e. The van der Waals surface area contributed by atoms with Crippen LogP contribution in [0.5, 0.6) is 0 Å². The summed E-state index contributed by atoms with van der Waals surface area (Å²) in [6.07, 6.45) is 1.71. The van der Waals surface area contributed by atoms with Crippen LogP contribution < -0.4 is 5.32 Å². The number of ether oxygens (including phenoxy) is 2. The molecule has 1 saturated carbocycles. The molecule has 2 unspecified atom stereocenters. The van der Waals surface area contributed by atoms with E-state index in [-0.39, 0.29) is 26.7 Å². The van der Waals surface area contributed by atoms with Crippen LogP contribution in [0.25, 0.3) is 0 Å². The molecule has 2 aliphatic rings. The van der Waals surface area contributed by atoms with Crippen molar-refractivity contribution in [2.24, 2.45) is 0 Å². The van der Waals surface area contributed by atoms with Gasteiger partial charge in [-0.2, -0.15) is 0 Å². The number of rotatable bonds is 10. The number of nitrogens with one attached hydrogen (secondary N) is 1. The second-order valence-electron chi connectivity index (χ2n) is 8.56. The molecule has 0 radical (unpaired) electrons. The van der Waals surface area contributed by atoms with E-state index in [1.54, 1.807) is 6.07 Å². The highest BCUT2D eigenvalue weighted by Crippen LogP contribution is 2.41. The van der Waals surface area contributed by atoms with Crippen molar-refractivity contribution < 1.29 is 24.1 Å². The summed E-state index contributed by atoms with van der Waals surface area (Å²) in [6.45, 7) is 2.70. The average Bonchev–Trinajstić information content (AvgIpc) is 3.56. The van der Waals surface area contributed by atoms with Gasteiger partial charge < -0.3 is 14.8 Å². The number of nitrogens with zero attached hydrogens (tertiary/aromatic N) is 1. The topological polar surface area (TPSA) is 33.7 Å². The smallest absolute Gasteiger partial charge is 0.159 e. The molecular formula is C24H31F3N2O2. The fourth-order valence-electron chi connectivity index (χ4n) is 4.06. The van der Waals surface area contributed by atoms with Crippen LogP contribution in [0, 0.1) is 11.6 Å². The molecule has 2 fully saturated rings. The number of likely N-dealkylation sites (tertiary alicyclic amines) is 1. The molecule has 1 N–H and O–H groups in total. The molecule has 1 heterocycles. The van der Waals surface area contributed by atoms with Crippen molar-refractivity contribution in [2.75, 3.05) is 33.2 Å². The minimum atomic E-state index is -1.25. The number of benzene rings is 2. The van der Waals surface area contributed by atoms with Crippen molar-refractivity contribution in [3.8, 4) is 0 Å². The van der Waals surface area contributed by atoms with Gasteiger partial charge in [-0.15, -0.1) is 0 Å². The SMILES string of the molecule is Fc1ccc(C2CC2NCC2(F)CCN(COCOCc3ccccc3)CC2)cc1F.[HH]. The Balaban J connectivity index is 0.00000289. The lowest BCUT2D eigenvalue weighted by Crippen LogP contribution is -2.48. The molecule has 0 aromatic heterocycles. The normalized spacial score (nSPS) is 23.1. The third-order valence-electron chi connectivity index (χ3n) is 6.15. The maximum atomic E-state index is 15.1. The van der Waals surface area contributed by atoms with Crippen molar-refractivity contribution in [2.45, 2.75) is 43.5 Å². The number of piperidine rings is 1. The Morgan fingerprint density at radius 3 is 2.55 bits per heavy atom. The predicted octanol–water partition coefficient (Wildman–Crippen LogP) is 4.61. The fraction of sp³-hybridized carbons (Fsp3) is 0.500. The van der Waals surface area contributed by atoms with Gasteiger partial charge in [0, 0.05) is 33.0 Å². The maximum absolute atomic E-state index is 15.1. The second-order valence-corrected chi connectivity index (χ2v) is 8.56. The van der Waals surface area contributed by atoms with Crippen LogP contribution in [-0.2, 0) is 16.1 Å². The van der Waals surface area contributed by atoms with Gasteiger partial charge in [0.1, 0.15) is 19.2 Å². The summed E-state index contributed by atoms with van der Waals surface area (Å²) in [6, 6.07) is 14.0. The van der Waals surface area contributed by atoms with Crippen molar-refractivity contribution in [3.63, 3.8) is 0 Å². The monoisotopic (exact) mass is 436 g/mol. The molecule has 1 saturated heterocycles. The van der Waals surface area contributed by atoms with E-state index in [1.807, 2.05) is 30.3 Å². The summed E-state index contributed by atoms with van der Waals surface area (Å²) < 4.78 is 52.7. The minimum Gasteiger partial charge on any atom is -0.351 e. The van der Waals surface area contributed by atoms with Crippen molar-refractivity contribution in [1.82, 2.24) is 10.2 Å². The van der Waals surface area contributed by atoms with Gasteiger partial charge in [0.15, 0.2) is 11.6 Å². The van der Waals surface area contributed by atoms with E-state index in [0.717, 1.165) is 23.6 Å². The van der Waals surface area contributed by atoms with Gasteiger partial charge in [-0.05, 0) is 42.5 Å². The zero-order valence-electron chi connectivity index (χ0n) is 17.5. The summed E-state index contributed by atoms with van der Waals surface area (Å²) in [7, 11) is 0. The van der Waals surface area contributed by atoms with Gasteiger partial charge in [0.25, 0.3) is 0 Å². The number of hydrogen-bond donors (Lipinski definition) is 1. The standard InChI is InChI=1S/C24H29F3N2O2.H2/c25-21-7-6-19(12-22(21)26)20-13-23(20)28-15-24(27)8-10-29(11-9-24)16-31-17-30-14-18-4-2-1-3-5-18;/h1-7,12,20,23,28H,8-11,13-17H2;1H. The van der Waals surface area contributed by atoms with E-state index in [4.69, 9.17) is 9.47 Å². The molecule has 0 bridgehead atoms. The summed E-state index contributed by atoms with van der Waals surface area (Å²) in [5, 5.41) is 3.28. The molecule has 2 aromatic carbocycles. The quantitative estimate of drug-likeness (QED) is 0.436. The molecule has 0 amide bonds. The highest BCUT2D eigenvalue weighted by atomic mass is 19.2. The summed E-state index contributed by atoms with van der Waals surface area (Å²) in [5.74, 6) is -1.54. The Kier molecular flexibility index (Phi) is 7.27. The molecule has 7 heteroatoms. The lowest BCUT2D eigenvalue weighted by Gasteiger charge is -2.36. The molecule has 31 heavy (non-hydrogen) atoms. The molecule has 170 valence electrons. The van der Waals surface area contributed by atoms with Gasteiger partial charge in [0.2, 0.25) is 0 Å². The predicted molar refractivity (Wildman–Crippen MR) is 114 cm³/mol. The van der Waals surface area contributed by atoms with Crippen molar-refractivity contribution >= 4 is 0 Å². The van der Waals surface area contributed by atoms with E-state index in [2.05, 4.69) is 10.2 Å². The van der Waals surface area contributed by atoms with Gasteiger partial charge in [-0.1, -0.05) is 36.4 Å². The van der Waals surface area contributed by atoms with E-state index in [1.165, 1.54) is 6.07 Å². The Morgan fingerprint density at radius 2 is 1.81 bits per heavy atom. The van der Waals surface area contributed by atoms with Crippen molar-refractivity contribution in [3.05, 3.63) is 71.3 Å². The van der Waals surface area contributed by atoms with E-state index >= 15 is 4.39 Å². The molecule has 1 aliphatic carbocycles. The van der Waals surface area contributed by atoms with E-state index in [0.29, 0.717) is 39.3 Å². The van der Waals surface area contributed by atoms with Gasteiger partial charge in [0.05, 0.1) is 6.61 Å². The van der Waals surface area contributed by atoms with Crippen molar-refractivity contribution in [1.29, 1.82) is 0 Å². The molecule has 0 spiro atoms.